The fourth-order valence-electron chi connectivity index (χ4n) is 1.84. The van der Waals surface area contributed by atoms with Gasteiger partial charge in [0.25, 0.3) is 0 Å². The van der Waals surface area contributed by atoms with E-state index in [1.54, 1.807) is 0 Å². The minimum atomic E-state index is -0.451. The molecule has 0 aromatic rings. The van der Waals surface area contributed by atoms with Gasteiger partial charge in [-0.05, 0) is 6.42 Å². The van der Waals surface area contributed by atoms with Crippen molar-refractivity contribution in [2.75, 3.05) is 72.7 Å². The van der Waals surface area contributed by atoms with Gasteiger partial charge in [-0.1, -0.05) is 32.6 Å². The first-order chi connectivity index (χ1) is 11.4. The molecule has 0 aromatic carbocycles. The number of unbranched alkanes of at least 4 members (excludes halogenated alkanes) is 4. The third kappa shape index (κ3) is 21.7. The van der Waals surface area contributed by atoms with E-state index in [4.69, 9.17) is 23.7 Å². The lowest BCUT2D eigenvalue weighted by atomic mass is 10.2. The normalized spacial score (nSPS) is 11.2. The summed E-state index contributed by atoms with van der Waals surface area (Å²) in [6.07, 6.45) is 6.30. The van der Waals surface area contributed by atoms with E-state index in [1.807, 2.05) is 0 Å². The predicted molar refractivity (Wildman–Crippen MR) is 88.8 cm³/mol. The van der Waals surface area contributed by atoms with E-state index in [0.29, 0.717) is 52.9 Å². The fourth-order valence-corrected chi connectivity index (χ4v) is 1.84. The second kappa shape index (κ2) is 21.7. The molecule has 0 aliphatic carbocycles. The molecule has 0 spiro atoms. The van der Waals surface area contributed by atoms with Crippen LogP contribution < -0.4 is 0 Å². The molecule has 0 aliphatic heterocycles. The molecule has 6 heteroatoms. The molecule has 0 fully saturated rings. The summed E-state index contributed by atoms with van der Waals surface area (Å²) in [5, 5.41) is 0. The average Bonchev–Trinajstić information content (AvgIpc) is 2.57. The molecule has 0 bridgehead atoms. The van der Waals surface area contributed by atoms with Crippen molar-refractivity contribution in [3.63, 3.8) is 0 Å². The number of ether oxygens (including phenoxy) is 5. The Bertz CT molecular complexity index is 187. The van der Waals surface area contributed by atoms with Crippen molar-refractivity contribution in [3.8, 4) is 0 Å². The molecule has 23 heavy (non-hydrogen) atoms. The highest BCUT2D eigenvalue weighted by Gasteiger charge is 1.94. The van der Waals surface area contributed by atoms with E-state index in [1.165, 1.54) is 25.7 Å². The summed E-state index contributed by atoms with van der Waals surface area (Å²) >= 11 is 0. The summed E-state index contributed by atoms with van der Waals surface area (Å²) in [6, 6.07) is 0. The van der Waals surface area contributed by atoms with E-state index in [0.717, 1.165) is 13.0 Å². The maximum atomic E-state index is 11.7. The largest absolute Gasteiger partial charge is 0.379 e. The molecule has 0 atom stereocenters. The molecule has 0 saturated carbocycles. The van der Waals surface area contributed by atoms with Crippen LogP contribution in [0.4, 0.5) is 4.39 Å². The first-order valence-corrected chi connectivity index (χ1v) is 8.86. The maximum absolute atomic E-state index is 11.7. The van der Waals surface area contributed by atoms with Crippen LogP contribution in [0.5, 0.6) is 0 Å². The summed E-state index contributed by atoms with van der Waals surface area (Å²) in [7, 11) is 0. The van der Waals surface area contributed by atoms with Gasteiger partial charge in [-0.25, -0.2) is 4.39 Å². The molecule has 0 aromatic heterocycles. The first kappa shape index (κ1) is 22.7. The molecule has 0 rings (SSSR count). The highest BCUT2D eigenvalue weighted by Crippen LogP contribution is 2.02. The fraction of sp³-hybridized carbons (Fsp3) is 1.00. The van der Waals surface area contributed by atoms with Crippen molar-refractivity contribution in [2.45, 2.75) is 39.0 Å². The Kier molecular flexibility index (Phi) is 21.5. The van der Waals surface area contributed by atoms with Crippen LogP contribution in [-0.4, -0.2) is 72.7 Å². The van der Waals surface area contributed by atoms with Gasteiger partial charge >= 0.3 is 0 Å². The van der Waals surface area contributed by atoms with Gasteiger partial charge in [0.15, 0.2) is 0 Å². The van der Waals surface area contributed by atoms with Crippen LogP contribution >= 0.6 is 0 Å². The van der Waals surface area contributed by atoms with Crippen LogP contribution in [0.15, 0.2) is 0 Å². The second-order valence-electron chi connectivity index (χ2n) is 5.17. The van der Waals surface area contributed by atoms with Gasteiger partial charge in [0, 0.05) is 6.61 Å². The quantitative estimate of drug-likeness (QED) is 0.319. The molecule has 5 nitrogen and oxygen atoms in total. The number of alkyl halides is 1. The van der Waals surface area contributed by atoms with Crippen molar-refractivity contribution < 1.29 is 28.1 Å². The van der Waals surface area contributed by atoms with Crippen LogP contribution in [0.1, 0.15) is 39.0 Å². The number of hydrogen-bond donors (Lipinski definition) is 0. The Morgan fingerprint density at radius 3 is 1.30 bits per heavy atom. The standard InChI is InChI=1S/C17H35FO5/c1-2-3-4-5-6-8-19-10-12-21-14-16-23-17-15-22-13-11-20-9-7-18/h2-17H2,1H3. The van der Waals surface area contributed by atoms with Gasteiger partial charge in [-0.2, -0.15) is 0 Å². The summed E-state index contributed by atoms with van der Waals surface area (Å²) in [6.45, 7) is 7.05. The maximum Gasteiger partial charge on any atom is 0.113 e. The smallest absolute Gasteiger partial charge is 0.113 e. The van der Waals surface area contributed by atoms with Crippen molar-refractivity contribution in [3.05, 3.63) is 0 Å². The zero-order chi connectivity index (χ0) is 16.8. The highest BCUT2D eigenvalue weighted by molar-refractivity contribution is 4.42. The van der Waals surface area contributed by atoms with Gasteiger partial charge in [-0.3, -0.25) is 0 Å². The van der Waals surface area contributed by atoms with E-state index < -0.39 is 6.67 Å². The molecule has 140 valence electrons. The first-order valence-electron chi connectivity index (χ1n) is 8.86. The summed E-state index contributed by atoms with van der Waals surface area (Å²) in [5.41, 5.74) is 0. The number of hydrogen-bond acceptors (Lipinski definition) is 5. The number of halogens is 1. The van der Waals surface area contributed by atoms with Gasteiger partial charge < -0.3 is 23.7 Å². The molecular formula is C17H35FO5. The van der Waals surface area contributed by atoms with Crippen molar-refractivity contribution in [2.24, 2.45) is 0 Å². The summed E-state index contributed by atoms with van der Waals surface area (Å²) in [5.74, 6) is 0. The SMILES string of the molecule is CCCCCCCOCCOCCOCCOCCOCCF. The van der Waals surface area contributed by atoms with E-state index >= 15 is 0 Å². The molecule has 0 heterocycles. The van der Waals surface area contributed by atoms with Gasteiger partial charge in [0.2, 0.25) is 0 Å². The zero-order valence-corrected chi connectivity index (χ0v) is 14.7. The Balaban J connectivity index is 2.92. The topological polar surface area (TPSA) is 46.2 Å². The van der Waals surface area contributed by atoms with E-state index in [2.05, 4.69) is 6.92 Å². The van der Waals surface area contributed by atoms with Gasteiger partial charge in [-0.15, -0.1) is 0 Å². The lowest BCUT2D eigenvalue weighted by molar-refractivity contribution is -0.0119. The second-order valence-corrected chi connectivity index (χ2v) is 5.17. The molecule has 0 unspecified atom stereocenters. The molecule has 0 amide bonds. The third-order valence-electron chi connectivity index (χ3n) is 3.10. The van der Waals surface area contributed by atoms with Gasteiger partial charge in [0.05, 0.1) is 59.5 Å². The molecule has 0 radical (unpaired) electrons. The Labute approximate surface area is 140 Å². The Morgan fingerprint density at radius 2 is 0.870 bits per heavy atom. The van der Waals surface area contributed by atoms with Crippen LogP contribution in [0, 0.1) is 0 Å². The van der Waals surface area contributed by atoms with Crippen molar-refractivity contribution in [1.29, 1.82) is 0 Å². The number of rotatable bonds is 20. The highest BCUT2D eigenvalue weighted by atomic mass is 19.1. The zero-order valence-electron chi connectivity index (χ0n) is 14.7. The van der Waals surface area contributed by atoms with Crippen LogP contribution in [-0.2, 0) is 23.7 Å². The molecular weight excluding hydrogens is 303 g/mol. The summed E-state index contributed by atoms with van der Waals surface area (Å²) in [4.78, 5) is 0. The van der Waals surface area contributed by atoms with Crippen LogP contribution in [0.2, 0.25) is 0 Å². The lowest BCUT2D eigenvalue weighted by Crippen LogP contribution is -2.13. The predicted octanol–water partition coefficient (Wildman–Crippen LogP) is 3.01. The summed E-state index contributed by atoms with van der Waals surface area (Å²) < 4.78 is 38.1. The molecule has 0 N–H and O–H groups in total. The van der Waals surface area contributed by atoms with Crippen LogP contribution in [0.25, 0.3) is 0 Å². The molecule has 0 aliphatic rings. The van der Waals surface area contributed by atoms with Crippen molar-refractivity contribution >= 4 is 0 Å². The van der Waals surface area contributed by atoms with Crippen LogP contribution in [0.3, 0.4) is 0 Å². The van der Waals surface area contributed by atoms with Crippen molar-refractivity contribution in [1.82, 2.24) is 0 Å². The average molecular weight is 338 g/mol. The third-order valence-corrected chi connectivity index (χ3v) is 3.10. The Hall–Kier alpha value is -0.270. The molecule has 0 saturated heterocycles. The Morgan fingerprint density at radius 1 is 0.478 bits per heavy atom. The minimum absolute atomic E-state index is 0.139. The minimum Gasteiger partial charge on any atom is -0.379 e. The van der Waals surface area contributed by atoms with E-state index in [9.17, 15) is 4.39 Å². The van der Waals surface area contributed by atoms with Gasteiger partial charge in [0.1, 0.15) is 6.67 Å². The van der Waals surface area contributed by atoms with E-state index in [-0.39, 0.29) is 6.61 Å². The monoisotopic (exact) mass is 338 g/mol. The lowest BCUT2D eigenvalue weighted by Gasteiger charge is -2.07.